The lowest BCUT2D eigenvalue weighted by atomic mass is 10.1. The van der Waals surface area contributed by atoms with Crippen LogP contribution >= 0.6 is 0 Å². The van der Waals surface area contributed by atoms with E-state index in [1.165, 1.54) is 0 Å². The summed E-state index contributed by atoms with van der Waals surface area (Å²) in [5.74, 6) is -2.75. The second kappa shape index (κ2) is 10.5. The van der Waals surface area contributed by atoms with Gasteiger partial charge in [0.25, 0.3) is 5.91 Å². The topological polar surface area (TPSA) is 191 Å². The Kier molecular flexibility index (Phi) is 7.79. The van der Waals surface area contributed by atoms with Crippen LogP contribution in [0.1, 0.15) is 58.8 Å². The molecule has 0 aromatic heterocycles. The maximum absolute atomic E-state index is 13.5. The fraction of sp³-hybridized carbons (Fsp3) is 0.750. The normalized spacial score (nSPS) is 35.1. The zero-order valence-corrected chi connectivity index (χ0v) is 22.3. The van der Waals surface area contributed by atoms with Crippen LogP contribution in [-0.4, -0.2) is 95.1 Å². The Morgan fingerprint density at radius 2 is 2.00 bits per heavy atom. The van der Waals surface area contributed by atoms with E-state index in [9.17, 15) is 37.8 Å². The zero-order chi connectivity index (χ0) is 27.9. The molecule has 2 aliphatic carbocycles. The number of nitrogens with zero attached hydrogens (tertiary/aromatic N) is 1. The molecule has 2 saturated carbocycles. The van der Waals surface area contributed by atoms with Gasteiger partial charge >= 0.3 is 6.09 Å². The van der Waals surface area contributed by atoms with Gasteiger partial charge in [0.05, 0.1) is 17.0 Å². The first kappa shape index (κ1) is 28.3. The number of aliphatic hydroxyl groups is 1. The highest BCUT2D eigenvalue weighted by atomic mass is 32.2. The van der Waals surface area contributed by atoms with E-state index in [1.54, 1.807) is 19.9 Å². The predicted molar refractivity (Wildman–Crippen MR) is 133 cm³/mol. The number of sulfonamides is 1. The number of rotatable bonds is 5. The standard InChI is InChI=1S/C24H36N4O9S/c1-3-17-18(25-22(33)34)20(31)28-13-15(29)11-16(28)19(30)26-24(12-14(24)7-5-4-6-10-37-17)21(32)27-38(35,36)23(2)8-9-23/h5,7,14-18,25,29H,3-4,6,8-13H2,1-2H3,(H,26,30)(H,27,32)(H,33,34)/t14-,15-,16+,17+,18+,24-/m1/s1. The second-order valence-electron chi connectivity index (χ2n) is 10.9. The van der Waals surface area contributed by atoms with Gasteiger partial charge in [-0.05, 0) is 45.4 Å². The van der Waals surface area contributed by atoms with Crippen LogP contribution in [0, 0.1) is 5.92 Å². The highest BCUT2D eigenvalue weighted by Gasteiger charge is 2.63. The summed E-state index contributed by atoms with van der Waals surface area (Å²) in [6.07, 6.45) is 2.66. The predicted octanol–water partition coefficient (Wildman–Crippen LogP) is -0.397. The maximum atomic E-state index is 13.5. The molecule has 0 bridgehead atoms. The maximum Gasteiger partial charge on any atom is 0.405 e. The van der Waals surface area contributed by atoms with Crippen molar-refractivity contribution in [3.63, 3.8) is 0 Å². The van der Waals surface area contributed by atoms with Crippen molar-refractivity contribution in [1.29, 1.82) is 0 Å². The smallest absolute Gasteiger partial charge is 0.405 e. The van der Waals surface area contributed by atoms with Crippen molar-refractivity contribution in [3.8, 4) is 0 Å². The van der Waals surface area contributed by atoms with Crippen molar-refractivity contribution in [2.75, 3.05) is 13.2 Å². The molecule has 1 saturated heterocycles. The molecule has 2 aliphatic heterocycles. The number of amides is 4. The molecule has 6 atom stereocenters. The van der Waals surface area contributed by atoms with E-state index >= 15 is 0 Å². The lowest BCUT2D eigenvalue weighted by molar-refractivity contribution is -0.144. The third-order valence-corrected chi connectivity index (χ3v) is 10.2. The molecule has 0 aromatic rings. The molecule has 4 aliphatic rings. The molecule has 0 spiro atoms. The summed E-state index contributed by atoms with van der Waals surface area (Å²) < 4.78 is 32.5. The second-order valence-corrected chi connectivity index (χ2v) is 13.1. The van der Waals surface area contributed by atoms with Crippen molar-refractivity contribution in [3.05, 3.63) is 12.2 Å². The van der Waals surface area contributed by atoms with Gasteiger partial charge in [0, 0.05) is 25.5 Å². The number of aliphatic hydroxyl groups excluding tert-OH is 1. The summed E-state index contributed by atoms with van der Waals surface area (Å²) in [6.45, 7) is 3.33. The Labute approximate surface area is 221 Å². The van der Waals surface area contributed by atoms with Crippen molar-refractivity contribution in [2.45, 2.75) is 93.4 Å². The summed E-state index contributed by atoms with van der Waals surface area (Å²) in [5, 5.41) is 24.6. The molecular weight excluding hydrogens is 520 g/mol. The molecule has 3 fully saturated rings. The van der Waals surface area contributed by atoms with E-state index in [0.29, 0.717) is 32.1 Å². The van der Waals surface area contributed by atoms with Gasteiger partial charge in [-0.1, -0.05) is 19.1 Å². The number of carbonyl (C=O) groups excluding carboxylic acids is 3. The summed E-state index contributed by atoms with van der Waals surface area (Å²) in [7, 11) is -3.95. The van der Waals surface area contributed by atoms with Crippen LogP contribution in [-0.2, 0) is 29.1 Å². The summed E-state index contributed by atoms with van der Waals surface area (Å²) >= 11 is 0. The molecule has 13 nitrogen and oxygen atoms in total. The first-order valence-electron chi connectivity index (χ1n) is 13.0. The number of hydrogen-bond donors (Lipinski definition) is 5. The van der Waals surface area contributed by atoms with Gasteiger partial charge in [-0.15, -0.1) is 0 Å². The van der Waals surface area contributed by atoms with E-state index in [0.717, 1.165) is 4.90 Å². The lowest BCUT2D eigenvalue weighted by Gasteiger charge is -2.32. The average Bonchev–Trinajstić information content (AvgIpc) is 3.72. The molecular formula is C24H36N4O9S. The summed E-state index contributed by atoms with van der Waals surface area (Å²) in [5.41, 5.74) is -1.52. The van der Waals surface area contributed by atoms with Crippen molar-refractivity contribution >= 4 is 33.8 Å². The molecule has 4 rings (SSSR count). The fourth-order valence-corrected chi connectivity index (χ4v) is 6.46. The molecule has 0 radical (unpaired) electrons. The Morgan fingerprint density at radius 1 is 1.29 bits per heavy atom. The van der Waals surface area contributed by atoms with Crippen LogP contribution in [0.5, 0.6) is 0 Å². The number of hydrogen-bond acceptors (Lipinski definition) is 8. The van der Waals surface area contributed by atoms with Gasteiger partial charge in [-0.2, -0.15) is 0 Å². The molecule has 212 valence electrons. The van der Waals surface area contributed by atoms with Crippen LogP contribution in [0.4, 0.5) is 4.79 Å². The van der Waals surface area contributed by atoms with Crippen LogP contribution < -0.4 is 15.4 Å². The van der Waals surface area contributed by atoms with E-state index in [2.05, 4.69) is 15.4 Å². The minimum Gasteiger partial charge on any atom is -0.465 e. The third kappa shape index (κ3) is 5.52. The molecule has 0 aromatic carbocycles. The molecule has 2 heterocycles. The van der Waals surface area contributed by atoms with E-state index in [1.807, 2.05) is 6.08 Å². The number of allylic oxidation sites excluding steroid dienone is 1. The van der Waals surface area contributed by atoms with Crippen LogP contribution in [0.3, 0.4) is 0 Å². The van der Waals surface area contributed by atoms with E-state index in [-0.39, 0.29) is 26.0 Å². The van der Waals surface area contributed by atoms with Gasteiger partial charge in [0.15, 0.2) is 0 Å². The highest BCUT2D eigenvalue weighted by Crippen LogP contribution is 2.47. The minimum atomic E-state index is -3.95. The highest BCUT2D eigenvalue weighted by molar-refractivity contribution is 7.91. The van der Waals surface area contributed by atoms with Crippen molar-refractivity contribution in [1.82, 2.24) is 20.3 Å². The Morgan fingerprint density at radius 3 is 2.63 bits per heavy atom. The monoisotopic (exact) mass is 556 g/mol. The van der Waals surface area contributed by atoms with Gasteiger partial charge in [0.1, 0.15) is 17.6 Å². The molecule has 5 N–H and O–H groups in total. The van der Waals surface area contributed by atoms with E-state index in [4.69, 9.17) is 4.74 Å². The minimum absolute atomic E-state index is 0.121. The fourth-order valence-electron chi connectivity index (χ4n) is 5.14. The average molecular weight is 557 g/mol. The number of ether oxygens (including phenoxy) is 1. The first-order valence-corrected chi connectivity index (χ1v) is 14.5. The summed E-state index contributed by atoms with van der Waals surface area (Å²) in [6, 6.07) is -2.50. The van der Waals surface area contributed by atoms with Crippen LogP contribution in [0.15, 0.2) is 12.2 Å². The van der Waals surface area contributed by atoms with Gasteiger partial charge in [-0.25, -0.2) is 13.2 Å². The number of fused-ring (bicyclic) bond motifs is 2. The van der Waals surface area contributed by atoms with Gasteiger partial charge in [0.2, 0.25) is 21.8 Å². The largest absolute Gasteiger partial charge is 0.465 e. The quantitative estimate of drug-likeness (QED) is 0.280. The number of nitrogens with one attached hydrogen (secondary N) is 3. The van der Waals surface area contributed by atoms with Crippen LogP contribution in [0.2, 0.25) is 0 Å². The molecule has 0 unspecified atom stereocenters. The van der Waals surface area contributed by atoms with Gasteiger partial charge < -0.3 is 30.5 Å². The zero-order valence-electron chi connectivity index (χ0n) is 21.5. The molecule has 38 heavy (non-hydrogen) atoms. The van der Waals surface area contributed by atoms with Gasteiger partial charge in [-0.3, -0.25) is 19.1 Å². The lowest BCUT2D eigenvalue weighted by Crippen LogP contribution is -2.60. The number of carbonyl (C=O) groups is 4. The first-order chi connectivity index (χ1) is 17.8. The SMILES string of the molecule is CC[C@@H]1OCCCC=C[C@@H]2C[C@@]2(C(=O)NS(=O)(=O)C2(C)CC2)NC(=O)[C@@H]2C[C@@H](O)CN2C(=O)[C@H]1NC(=O)O. The van der Waals surface area contributed by atoms with E-state index < -0.39 is 74.3 Å². The Balaban J connectivity index is 1.63. The van der Waals surface area contributed by atoms with Crippen LogP contribution in [0.25, 0.3) is 0 Å². The third-order valence-electron chi connectivity index (χ3n) is 8.00. The van der Waals surface area contributed by atoms with Crippen molar-refractivity contribution in [2.24, 2.45) is 5.92 Å². The summed E-state index contributed by atoms with van der Waals surface area (Å²) in [4.78, 5) is 52.9. The molecule has 4 amide bonds. The Bertz CT molecular complexity index is 1120. The number of carboxylic acid groups (broad SMARTS) is 1. The Hall–Kier alpha value is -2.71. The van der Waals surface area contributed by atoms with Crippen molar-refractivity contribution < 1.29 is 42.5 Å². The molecule has 14 heteroatoms.